The molecule has 0 saturated carbocycles. The Labute approximate surface area is 225 Å². The maximum absolute atomic E-state index is 6.28. The van der Waals surface area contributed by atoms with Crippen molar-refractivity contribution in [3.05, 3.63) is 120 Å². The molecule has 188 valence electrons. The number of likely N-dealkylation sites (tertiary alicyclic amines) is 1. The third kappa shape index (κ3) is 5.34. The molecule has 5 aromatic rings. The number of nitrogens with zero attached hydrogens (tertiary/aromatic N) is 5. The van der Waals surface area contributed by atoms with Crippen LogP contribution in [0.1, 0.15) is 47.1 Å². The van der Waals surface area contributed by atoms with E-state index >= 15 is 0 Å². The second kappa shape index (κ2) is 11.2. The van der Waals surface area contributed by atoms with Crippen molar-refractivity contribution in [1.29, 1.82) is 0 Å². The lowest BCUT2D eigenvalue weighted by Gasteiger charge is -2.35. The van der Waals surface area contributed by atoms with Gasteiger partial charge < -0.3 is 10.2 Å². The molecule has 0 amide bonds. The maximum atomic E-state index is 6.28. The second-order valence-electron chi connectivity index (χ2n) is 10.1. The minimum Gasteiger partial charge on any atom is -0.366 e. The van der Waals surface area contributed by atoms with Gasteiger partial charge in [-0.05, 0) is 47.6 Å². The van der Waals surface area contributed by atoms with Crippen molar-refractivity contribution in [3.63, 3.8) is 0 Å². The monoisotopic (exact) mass is 498 g/mol. The van der Waals surface area contributed by atoms with Gasteiger partial charge in [0.25, 0.3) is 0 Å². The van der Waals surface area contributed by atoms with Crippen molar-refractivity contribution in [3.8, 4) is 0 Å². The normalized spacial score (nSPS) is 16.2. The maximum Gasteiger partial charge on any atom is 0.150 e. The van der Waals surface area contributed by atoms with E-state index in [1.807, 2.05) is 12.3 Å². The fourth-order valence-electron chi connectivity index (χ4n) is 5.52. The summed E-state index contributed by atoms with van der Waals surface area (Å²) < 4.78 is 1.80. The SMILES string of the molecule is [B]c1cnn2c(NCc3cccnc3)cc(C3CCCN(CC(c4ccccc4)c4ccccc4)C3)nc12. The van der Waals surface area contributed by atoms with Crippen molar-refractivity contribution < 1.29 is 0 Å². The number of fused-ring (bicyclic) bond motifs is 1. The van der Waals surface area contributed by atoms with Crippen LogP contribution >= 0.6 is 0 Å². The fraction of sp³-hybridized carbons (Fsp3) is 0.258. The first-order valence-corrected chi connectivity index (χ1v) is 13.3. The predicted octanol–water partition coefficient (Wildman–Crippen LogP) is 4.54. The number of nitrogens with one attached hydrogen (secondary N) is 1. The molecule has 1 fully saturated rings. The van der Waals surface area contributed by atoms with E-state index in [0.29, 0.717) is 29.5 Å². The molecular formula is C31H31BN6. The van der Waals surface area contributed by atoms with Gasteiger partial charge >= 0.3 is 0 Å². The first-order valence-electron chi connectivity index (χ1n) is 13.3. The smallest absolute Gasteiger partial charge is 0.150 e. The molecule has 2 aromatic carbocycles. The summed E-state index contributed by atoms with van der Waals surface area (Å²) in [6, 6.07) is 27.9. The Morgan fingerprint density at radius 1 is 0.947 bits per heavy atom. The van der Waals surface area contributed by atoms with Crippen molar-refractivity contribution in [2.75, 3.05) is 25.0 Å². The van der Waals surface area contributed by atoms with Crippen molar-refractivity contribution >= 4 is 24.8 Å². The summed E-state index contributed by atoms with van der Waals surface area (Å²) >= 11 is 0. The molecule has 1 aliphatic rings. The van der Waals surface area contributed by atoms with Crippen LogP contribution in [0.3, 0.4) is 0 Å². The molecule has 0 spiro atoms. The molecule has 1 saturated heterocycles. The van der Waals surface area contributed by atoms with Gasteiger partial charge in [-0.25, -0.2) is 4.98 Å². The van der Waals surface area contributed by atoms with Crippen LogP contribution in [0.2, 0.25) is 0 Å². The quantitative estimate of drug-likeness (QED) is 0.319. The summed E-state index contributed by atoms with van der Waals surface area (Å²) in [5.41, 5.74) is 6.19. The highest BCUT2D eigenvalue weighted by molar-refractivity contribution is 6.36. The van der Waals surface area contributed by atoms with Gasteiger partial charge in [0, 0.05) is 56.1 Å². The topological polar surface area (TPSA) is 58.4 Å². The van der Waals surface area contributed by atoms with E-state index in [4.69, 9.17) is 12.8 Å². The van der Waals surface area contributed by atoms with Crippen molar-refractivity contribution in [1.82, 2.24) is 24.5 Å². The molecule has 1 aliphatic heterocycles. The summed E-state index contributed by atoms with van der Waals surface area (Å²) in [7, 11) is 6.28. The van der Waals surface area contributed by atoms with Gasteiger partial charge in [0.05, 0.1) is 5.69 Å². The van der Waals surface area contributed by atoms with E-state index in [1.165, 1.54) is 11.1 Å². The Kier molecular flexibility index (Phi) is 7.18. The van der Waals surface area contributed by atoms with Crippen LogP contribution in [0, 0.1) is 0 Å². The average molecular weight is 498 g/mol. The first-order chi connectivity index (χ1) is 18.7. The van der Waals surface area contributed by atoms with Crippen LogP contribution < -0.4 is 10.8 Å². The lowest BCUT2D eigenvalue weighted by atomic mass is 9.88. The number of hydrogen-bond donors (Lipinski definition) is 1. The number of pyridine rings is 1. The van der Waals surface area contributed by atoms with Crippen LogP contribution in [-0.4, -0.2) is 52.0 Å². The molecule has 0 aliphatic carbocycles. The van der Waals surface area contributed by atoms with Gasteiger partial charge in [-0.15, -0.1) is 0 Å². The molecule has 6 nitrogen and oxygen atoms in total. The van der Waals surface area contributed by atoms with Crippen LogP contribution in [-0.2, 0) is 6.54 Å². The van der Waals surface area contributed by atoms with Crippen LogP contribution in [0.5, 0.6) is 0 Å². The zero-order valence-corrected chi connectivity index (χ0v) is 21.4. The Morgan fingerprint density at radius 2 is 1.71 bits per heavy atom. The Balaban J connectivity index is 1.25. The number of anilines is 1. The lowest BCUT2D eigenvalue weighted by Crippen LogP contribution is -2.37. The second-order valence-corrected chi connectivity index (χ2v) is 10.1. The highest BCUT2D eigenvalue weighted by Gasteiger charge is 2.27. The largest absolute Gasteiger partial charge is 0.366 e. The molecule has 2 radical (unpaired) electrons. The standard InChI is InChI=1S/C31H31BN6/c32-28-20-35-38-30(34-19-23-9-7-15-33-18-23)17-29(36-31(28)38)26-14-8-16-37(21-26)22-27(24-10-3-1-4-11-24)25-12-5-2-6-13-25/h1-7,9-13,15,17-18,20,26-27,34H,8,14,16,19,21-22H2. The van der Waals surface area contributed by atoms with Crippen molar-refractivity contribution in [2.24, 2.45) is 0 Å². The van der Waals surface area contributed by atoms with E-state index in [0.717, 1.165) is 49.6 Å². The van der Waals surface area contributed by atoms with Crippen LogP contribution in [0.25, 0.3) is 5.65 Å². The number of rotatable bonds is 8. The Morgan fingerprint density at radius 3 is 2.42 bits per heavy atom. The Bertz CT molecular complexity index is 1430. The van der Waals surface area contributed by atoms with Gasteiger partial charge in [-0.2, -0.15) is 9.61 Å². The highest BCUT2D eigenvalue weighted by atomic mass is 15.3. The van der Waals surface area contributed by atoms with E-state index in [-0.39, 0.29) is 0 Å². The van der Waals surface area contributed by atoms with Gasteiger partial charge in [0.15, 0.2) is 5.65 Å². The van der Waals surface area contributed by atoms with Crippen LogP contribution in [0.4, 0.5) is 5.82 Å². The molecular weight excluding hydrogens is 467 g/mol. The lowest BCUT2D eigenvalue weighted by molar-refractivity contribution is 0.201. The van der Waals surface area contributed by atoms with E-state index in [2.05, 4.69) is 93.1 Å². The molecule has 6 rings (SSSR count). The minimum absolute atomic E-state index is 0.328. The molecule has 1 unspecified atom stereocenters. The number of piperidine rings is 1. The first kappa shape index (κ1) is 24.4. The highest BCUT2D eigenvalue weighted by Crippen LogP contribution is 2.31. The zero-order chi connectivity index (χ0) is 25.7. The molecule has 7 heteroatoms. The molecule has 0 bridgehead atoms. The van der Waals surface area contributed by atoms with Gasteiger partial charge in [-0.1, -0.05) is 66.7 Å². The van der Waals surface area contributed by atoms with Crippen molar-refractivity contribution in [2.45, 2.75) is 31.2 Å². The zero-order valence-electron chi connectivity index (χ0n) is 21.4. The summed E-state index contributed by atoms with van der Waals surface area (Å²) in [6.07, 6.45) is 7.59. The third-order valence-corrected chi connectivity index (χ3v) is 7.48. The number of hydrogen-bond acceptors (Lipinski definition) is 5. The number of benzene rings is 2. The Hall–Kier alpha value is -3.97. The van der Waals surface area contributed by atoms with Crippen LogP contribution in [0.15, 0.2) is 97.5 Å². The number of aromatic nitrogens is 4. The summed E-state index contributed by atoms with van der Waals surface area (Å²) in [5.74, 6) is 1.55. The summed E-state index contributed by atoms with van der Waals surface area (Å²) in [5, 5.41) is 8.01. The fourth-order valence-corrected chi connectivity index (χ4v) is 5.52. The van der Waals surface area contributed by atoms with Gasteiger partial charge in [-0.3, -0.25) is 4.98 Å². The summed E-state index contributed by atoms with van der Waals surface area (Å²) in [4.78, 5) is 11.8. The molecule has 38 heavy (non-hydrogen) atoms. The minimum atomic E-state index is 0.328. The van der Waals surface area contributed by atoms with E-state index in [1.54, 1.807) is 16.9 Å². The molecule has 1 atom stereocenters. The van der Waals surface area contributed by atoms with Gasteiger partial charge in [0.1, 0.15) is 13.7 Å². The molecule has 1 N–H and O–H groups in total. The molecule has 3 aromatic heterocycles. The molecule has 4 heterocycles. The third-order valence-electron chi connectivity index (χ3n) is 7.48. The predicted molar refractivity (Wildman–Crippen MR) is 153 cm³/mol. The van der Waals surface area contributed by atoms with E-state index in [9.17, 15) is 0 Å². The van der Waals surface area contributed by atoms with Gasteiger partial charge in [0.2, 0.25) is 0 Å². The summed E-state index contributed by atoms with van der Waals surface area (Å²) in [6.45, 7) is 3.69. The van der Waals surface area contributed by atoms with E-state index < -0.39 is 0 Å². The average Bonchev–Trinajstić information content (AvgIpc) is 3.37.